The Morgan fingerprint density at radius 1 is 0.618 bits per heavy atom. The van der Waals surface area contributed by atoms with Gasteiger partial charge in [-0.2, -0.15) is 0 Å². The Labute approximate surface area is 205 Å². The third-order valence-electron chi connectivity index (χ3n) is 6.05. The number of nitrogens with zero attached hydrogens (tertiary/aromatic N) is 4. The van der Waals surface area contributed by atoms with Gasteiger partial charge in [-0.3, -0.25) is 0 Å². The second kappa shape index (κ2) is 10.7. The van der Waals surface area contributed by atoms with Crippen LogP contribution in [0.1, 0.15) is 55.4 Å². The molecule has 0 bridgehead atoms. The molecule has 0 unspecified atom stereocenters. The Bertz CT molecular complexity index is 1050. The summed E-state index contributed by atoms with van der Waals surface area (Å²) in [6.07, 6.45) is 0. The van der Waals surface area contributed by atoms with Crippen LogP contribution in [0.3, 0.4) is 0 Å². The highest BCUT2D eigenvalue weighted by Crippen LogP contribution is 2.43. The maximum absolute atomic E-state index is 14.9. The van der Waals surface area contributed by atoms with E-state index in [0.29, 0.717) is 5.44 Å². The van der Waals surface area contributed by atoms with Crippen molar-refractivity contribution in [2.75, 3.05) is 9.80 Å². The van der Waals surface area contributed by atoms with Gasteiger partial charge in [0, 0.05) is 34.8 Å². The normalized spacial score (nSPS) is 12.1. The Morgan fingerprint density at radius 2 is 1.03 bits per heavy atom. The number of anilines is 2. The summed E-state index contributed by atoms with van der Waals surface area (Å²) in [5, 5.41) is 11.0. The van der Waals surface area contributed by atoms with E-state index in [1.807, 2.05) is 66.7 Å². The van der Waals surface area contributed by atoms with E-state index in [0.717, 1.165) is 22.1 Å². The van der Waals surface area contributed by atoms with E-state index in [-0.39, 0.29) is 24.2 Å². The summed E-state index contributed by atoms with van der Waals surface area (Å²) in [6, 6.07) is 22.3. The van der Waals surface area contributed by atoms with Gasteiger partial charge < -0.3 is 14.4 Å². The molecule has 0 N–H and O–H groups in total. The molecule has 0 fully saturated rings. The second-order valence-corrected chi connectivity index (χ2v) is 12.6. The zero-order valence-corrected chi connectivity index (χ0v) is 22.7. The summed E-state index contributed by atoms with van der Waals surface area (Å²) in [6.45, 7) is 17.4. The highest BCUT2D eigenvalue weighted by molar-refractivity contribution is 7.85. The SMILES string of the molecule is CC(C)N(c1cc(P(=O)(c2ccccc2)c2ccccc2)nnc1N(C(C)C)C(C)C)C(C)C. The molecule has 0 radical (unpaired) electrons. The molecule has 0 aliphatic heterocycles. The Kier molecular flexibility index (Phi) is 8.20. The van der Waals surface area contributed by atoms with Crippen LogP contribution in [-0.2, 0) is 4.57 Å². The summed E-state index contributed by atoms with van der Waals surface area (Å²) in [5.41, 5.74) is 1.49. The molecular formula is C28H39N4OP. The molecule has 0 spiro atoms. The lowest BCUT2D eigenvalue weighted by molar-refractivity contribution is 0.576. The van der Waals surface area contributed by atoms with Gasteiger partial charge in [-0.05, 0) is 61.5 Å². The average Bonchev–Trinajstić information content (AvgIpc) is 2.79. The van der Waals surface area contributed by atoms with E-state index in [1.54, 1.807) is 0 Å². The van der Waals surface area contributed by atoms with Crippen LogP contribution in [0.4, 0.5) is 11.5 Å². The van der Waals surface area contributed by atoms with Crippen LogP contribution in [-0.4, -0.2) is 34.4 Å². The quantitative estimate of drug-likeness (QED) is 0.388. The summed E-state index contributed by atoms with van der Waals surface area (Å²) >= 11 is 0. The highest BCUT2D eigenvalue weighted by Gasteiger charge is 2.34. The number of benzene rings is 2. The van der Waals surface area contributed by atoms with Crippen molar-refractivity contribution in [1.82, 2.24) is 10.2 Å². The molecule has 0 amide bonds. The molecule has 0 saturated carbocycles. The fourth-order valence-electron chi connectivity index (χ4n) is 4.82. The van der Waals surface area contributed by atoms with E-state index in [1.165, 1.54) is 0 Å². The smallest absolute Gasteiger partial charge is 0.190 e. The van der Waals surface area contributed by atoms with Gasteiger partial charge in [-0.25, -0.2) is 0 Å². The first-order chi connectivity index (χ1) is 16.1. The molecule has 1 heterocycles. The highest BCUT2D eigenvalue weighted by atomic mass is 31.2. The predicted octanol–water partition coefficient (Wildman–Crippen LogP) is 5.36. The molecule has 1 aromatic heterocycles. The third-order valence-corrected chi connectivity index (χ3v) is 8.97. The van der Waals surface area contributed by atoms with Gasteiger partial charge in [0.1, 0.15) is 5.44 Å². The fraction of sp³-hybridized carbons (Fsp3) is 0.429. The van der Waals surface area contributed by atoms with Gasteiger partial charge in [0.15, 0.2) is 13.0 Å². The second-order valence-electron chi connectivity index (χ2n) is 9.88. The van der Waals surface area contributed by atoms with Crippen LogP contribution < -0.4 is 25.8 Å². The third kappa shape index (κ3) is 5.05. The van der Waals surface area contributed by atoms with Gasteiger partial charge in [0.25, 0.3) is 0 Å². The van der Waals surface area contributed by atoms with Crippen LogP contribution >= 0.6 is 7.14 Å². The van der Waals surface area contributed by atoms with Crippen molar-refractivity contribution in [3.8, 4) is 0 Å². The molecule has 5 nitrogen and oxygen atoms in total. The van der Waals surface area contributed by atoms with Gasteiger partial charge in [0.05, 0.1) is 5.69 Å². The molecule has 0 atom stereocenters. The van der Waals surface area contributed by atoms with Crippen molar-refractivity contribution in [2.45, 2.75) is 79.6 Å². The van der Waals surface area contributed by atoms with Crippen LogP contribution in [0.5, 0.6) is 0 Å². The van der Waals surface area contributed by atoms with Crippen LogP contribution in [0.2, 0.25) is 0 Å². The van der Waals surface area contributed by atoms with Crippen molar-refractivity contribution >= 4 is 34.7 Å². The van der Waals surface area contributed by atoms with E-state index in [2.05, 4.69) is 70.3 Å². The largest absolute Gasteiger partial charge is 0.364 e. The first kappa shape index (κ1) is 26.0. The summed E-state index contributed by atoms with van der Waals surface area (Å²) < 4.78 is 14.9. The minimum absolute atomic E-state index is 0.241. The molecule has 3 rings (SSSR count). The maximum atomic E-state index is 14.9. The number of rotatable bonds is 9. The average molecular weight is 479 g/mol. The molecule has 34 heavy (non-hydrogen) atoms. The molecule has 3 aromatic rings. The van der Waals surface area contributed by atoms with Crippen molar-refractivity contribution in [3.63, 3.8) is 0 Å². The number of hydrogen-bond acceptors (Lipinski definition) is 5. The monoisotopic (exact) mass is 478 g/mol. The Morgan fingerprint density at radius 3 is 1.41 bits per heavy atom. The van der Waals surface area contributed by atoms with Crippen LogP contribution in [0.15, 0.2) is 66.7 Å². The molecule has 0 aliphatic carbocycles. The zero-order chi connectivity index (χ0) is 25.0. The van der Waals surface area contributed by atoms with Crippen LogP contribution in [0.25, 0.3) is 0 Å². The van der Waals surface area contributed by atoms with Gasteiger partial charge >= 0.3 is 0 Å². The lowest BCUT2D eigenvalue weighted by Crippen LogP contribution is -2.43. The zero-order valence-electron chi connectivity index (χ0n) is 21.8. The lowest BCUT2D eigenvalue weighted by atomic mass is 10.1. The minimum Gasteiger partial charge on any atom is -0.364 e. The molecule has 0 saturated heterocycles. The van der Waals surface area contributed by atoms with Crippen molar-refractivity contribution < 1.29 is 4.57 Å². The van der Waals surface area contributed by atoms with Gasteiger partial charge in [0.2, 0.25) is 0 Å². The van der Waals surface area contributed by atoms with Crippen molar-refractivity contribution in [3.05, 3.63) is 66.7 Å². The molecule has 0 aliphatic rings. The fourth-order valence-corrected chi connectivity index (χ4v) is 7.31. The van der Waals surface area contributed by atoms with E-state index >= 15 is 0 Å². The Balaban J connectivity index is 2.35. The summed E-state index contributed by atoms with van der Waals surface area (Å²) in [4.78, 5) is 4.64. The van der Waals surface area contributed by atoms with Crippen LogP contribution in [0, 0.1) is 0 Å². The van der Waals surface area contributed by atoms with Crippen molar-refractivity contribution in [1.29, 1.82) is 0 Å². The molecule has 182 valence electrons. The lowest BCUT2D eigenvalue weighted by Gasteiger charge is -2.39. The molecule has 2 aromatic carbocycles. The maximum Gasteiger partial charge on any atom is 0.190 e. The van der Waals surface area contributed by atoms with E-state index < -0.39 is 7.14 Å². The topological polar surface area (TPSA) is 49.3 Å². The van der Waals surface area contributed by atoms with Crippen molar-refractivity contribution in [2.24, 2.45) is 0 Å². The number of aromatic nitrogens is 2. The summed E-state index contributed by atoms with van der Waals surface area (Å²) in [5.74, 6) is 0.837. The van der Waals surface area contributed by atoms with Gasteiger partial charge in [-0.1, -0.05) is 60.7 Å². The van der Waals surface area contributed by atoms with Gasteiger partial charge in [-0.15, -0.1) is 10.2 Å². The van der Waals surface area contributed by atoms with E-state index in [4.69, 9.17) is 5.10 Å². The first-order valence-corrected chi connectivity index (χ1v) is 14.0. The first-order valence-electron chi connectivity index (χ1n) is 12.2. The number of hydrogen-bond donors (Lipinski definition) is 0. The standard InChI is InChI=1S/C28H39N4OP/c1-20(2)31(21(3)4)26-19-27(29-30-28(26)32(22(5)6)23(7)8)34(33,24-15-11-9-12-16-24)25-17-13-10-14-18-25/h9-23H,1-8H3. The summed E-state index contributed by atoms with van der Waals surface area (Å²) in [7, 11) is -3.22. The minimum atomic E-state index is -3.22. The molecule has 6 heteroatoms. The molecular weight excluding hydrogens is 439 g/mol. The predicted molar refractivity (Wildman–Crippen MR) is 147 cm³/mol. The Hall–Kier alpha value is -2.65. The van der Waals surface area contributed by atoms with E-state index in [9.17, 15) is 4.57 Å².